The first-order chi connectivity index (χ1) is 12.8. The van der Waals surface area contributed by atoms with Crippen molar-refractivity contribution in [2.75, 3.05) is 11.9 Å². The van der Waals surface area contributed by atoms with Crippen LogP contribution in [0.2, 0.25) is 0 Å². The molecule has 0 radical (unpaired) electrons. The molecule has 2 aromatic rings. The molecule has 1 aromatic carbocycles. The Hall–Kier alpha value is -2.87. The van der Waals surface area contributed by atoms with Gasteiger partial charge < -0.3 is 20.5 Å². The van der Waals surface area contributed by atoms with Gasteiger partial charge in [-0.25, -0.2) is 4.79 Å². The first-order valence-electron chi connectivity index (χ1n) is 8.40. The summed E-state index contributed by atoms with van der Waals surface area (Å²) in [6.07, 6.45) is -1.06. The number of thiophene rings is 1. The molecule has 0 saturated heterocycles. The molecule has 1 aromatic heterocycles. The highest BCUT2D eigenvalue weighted by Gasteiger charge is 2.21. The van der Waals surface area contributed by atoms with E-state index in [0.29, 0.717) is 23.3 Å². The Morgan fingerprint density at radius 3 is 2.59 bits per heavy atom. The third-order valence-corrected chi connectivity index (χ3v) is 4.30. The Morgan fingerprint density at radius 1 is 1.19 bits per heavy atom. The molecule has 3 N–H and O–H groups in total. The van der Waals surface area contributed by atoms with Gasteiger partial charge in [-0.15, -0.1) is 11.3 Å². The maximum Gasteiger partial charge on any atom is 0.339 e. The second kappa shape index (κ2) is 9.18. The molecular weight excluding hydrogens is 368 g/mol. The lowest BCUT2D eigenvalue weighted by molar-refractivity contribution is -0.123. The predicted molar refractivity (Wildman–Crippen MR) is 103 cm³/mol. The molecule has 8 heteroatoms. The fourth-order valence-electron chi connectivity index (χ4n) is 2.07. The van der Waals surface area contributed by atoms with E-state index >= 15 is 0 Å². The Bertz CT molecular complexity index is 831. The van der Waals surface area contributed by atoms with Crippen LogP contribution < -0.4 is 15.8 Å². The average Bonchev–Trinajstić information content (AvgIpc) is 3.08. The van der Waals surface area contributed by atoms with Gasteiger partial charge in [0.1, 0.15) is 10.8 Å². The zero-order chi connectivity index (χ0) is 20.0. The second-order valence-corrected chi connectivity index (χ2v) is 7.21. The minimum Gasteiger partial charge on any atom is -0.493 e. The number of anilines is 1. The van der Waals surface area contributed by atoms with Gasteiger partial charge in [-0.2, -0.15) is 0 Å². The molecule has 0 fully saturated rings. The molecule has 7 nitrogen and oxygen atoms in total. The SMILES string of the molecule is CC(C)COc1cccc(C(=O)O[C@@H](C)C(=O)Nc2sccc2C(N)=O)c1. The second-order valence-electron chi connectivity index (χ2n) is 6.30. The Labute approximate surface area is 161 Å². The molecule has 1 heterocycles. The lowest BCUT2D eigenvalue weighted by atomic mass is 10.2. The van der Waals surface area contributed by atoms with Crippen molar-refractivity contribution in [3.8, 4) is 5.75 Å². The highest BCUT2D eigenvalue weighted by atomic mass is 32.1. The van der Waals surface area contributed by atoms with Gasteiger partial charge in [0.2, 0.25) is 0 Å². The van der Waals surface area contributed by atoms with E-state index in [1.54, 1.807) is 29.6 Å². The van der Waals surface area contributed by atoms with Crippen molar-refractivity contribution in [2.24, 2.45) is 11.7 Å². The minimum absolute atomic E-state index is 0.210. The van der Waals surface area contributed by atoms with Crippen LogP contribution >= 0.6 is 11.3 Å². The molecule has 0 saturated carbocycles. The smallest absolute Gasteiger partial charge is 0.339 e. The van der Waals surface area contributed by atoms with E-state index in [9.17, 15) is 14.4 Å². The van der Waals surface area contributed by atoms with Gasteiger partial charge in [0, 0.05) is 0 Å². The topological polar surface area (TPSA) is 108 Å². The number of hydrogen-bond donors (Lipinski definition) is 2. The molecule has 144 valence electrons. The average molecular weight is 390 g/mol. The van der Waals surface area contributed by atoms with Crippen LogP contribution in [0.25, 0.3) is 0 Å². The number of nitrogens with two attached hydrogens (primary N) is 1. The third kappa shape index (κ3) is 5.82. The zero-order valence-electron chi connectivity index (χ0n) is 15.4. The number of esters is 1. The molecular formula is C19H22N2O5S. The molecule has 0 aliphatic heterocycles. The van der Waals surface area contributed by atoms with Crippen molar-refractivity contribution in [3.63, 3.8) is 0 Å². The number of rotatable bonds is 8. The fraction of sp³-hybridized carbons (Fsp3) is 0.316. The molecule has 0 bridgehead atoms. The first-order valence-corrected chi connectivity index (χ1v) is 9.28. The van der Waals surface area contributed by atoms with Crippen LogP contribution in [0.5, 0.6) is 5.75 Å². The highest BCUT2D eigenvalue weighted by molar-refractivity contribution is 7.14. The van der Waals surface area contributed by atoms with Crippen molar-refractivity contribution >= 4 is 34.1 Å². The van der Waals surface area contributed by atoms with Gasteiger partial charge in [0.05, 0.1) is 17.7 Å². The van der Waals surface area contributed by atoms with Gasteiger partial charge in [-0.05, 0) is 42.5 Å². The lowest BCUT2D eigenvalue weighted by Gasteiger charge is -2.14. The summed E-state index contributed by atoms with van der Waals surface area (Å²) in [7, 11) is 0. The van der Waals surface area contributed by atoms with Crippen LogP contribution in [0.4, 0.5) is 5.00 Å². The number of benzene rings is 1. The Kier molecular flexibility index (Phi) is 6.95. The highest BCUT2D eigenvalue weighted by Crippen LogP contribution is 2.23. The van der Waals surface area contributed by atoms with Crippen molar-refractivity contribution in [1.82, 2.24) is 0 Å². The number of carbonyl (C=O) groups is 3. The van der Waals surface area contributed by atoms with Crippen LogP contribution in [0.1, 0.15) is 41.5 Å². The van der Waals surface area contributed by atoms with Crippen LogP contribution in [0.3, 0.4) is 0 Å². The summed E-state index contributed by atoms with van der Waals surface area (Å²) in [6, 6.07) is 8.10. The molecule has 27 heavy (non-hydrogen) atoms. The summed E-state index contributed by atoms with van der Waals surface area (Å²) < 4.78 is 10.8. The first kappa shape index (κ1) is 20.4. The summed E-state index contributed by atoms with van der Waals surface area (Å²) in [5, 5.41) is 4.50. The summed E-state index contributed by atoms with van der Waals surface area (Å²) in [4.78, 5) is 35.8. The summed E-state index contributed by atoms with van der Waals surface area (Å²) >= 11 is 1.16. The van der Waals surface area contributed by atoms with Crippen molar-refractivity contribution < 1.29 is 23.9 Å². The monoisotopic (exact) mass is 390 g/mol. The molecule has 2 amide bonds. The maximum absolute atomic E-state index is 12.3. The van der Waals surface area contributed by atoms with E-state index in [-0.39, 0.29) is 11.1 Å². The quantitative estimate of drug-likeness (QED) is 0.674. The van der Waals surface area contributed by atoms with Crippen LogP contribution in [-0.2, 0) is 9.53 Å². The fourth-order valence-corrected chi connectivity index (χ4v) is 2.87. The zero-order valence-corrected chi connectivity index (χ0v) is 16.2. The van der Waals surface area contributed by atoms with E-state index in [2.05, 4.69) is 5.32 Å². The minimum atomic E-state index is -1.06. The van der Waals surface area contributed by atoms with Crippen LogP contribution in [0, 0.1) is 5.92 Å². The molecule has 1 atom stereocenters. The molecule has 0 spiro atoms. The van der Waals surface area contributed by atoms with Gasteiger partial charge >= 0.3 is 5.97 Å². The van der Waals surface area contributed by atoms with Gasteiger partial charge in [-0.3, -0.25) is 9.59 Å². The van der Waals surface area contributed by atoms with Crippen molar-refractivity contribution in [2.45, 2.75) is 26.9 Å². The van der Waals surface area contributed by atoms with Crippen LogP contribution in [0.15, 0.2) is 35.7 Å². The van der Waals surface area contributed by atoms with Gasteiger partial charge in [-0.1, -0.05) is 19.9 Å². The van der Waals surface area contributed by atoms with E-state index < -0.39 is 23.9 Å². The van der Waals surface area contributed by atoms with Gasteiger partial charge in [0.15, 0.2) is 6.10 Å². The number of amides is 2. The van der Waals surface area contributed by atoms with Crippen LogP contribution in [-0.4, -0.2) is 30.5 Å². The summed E-state index contributed by atoms with van der Waals surface area (Å²) in [5.74, 6) is -0.935. The maximum atomic E-state index is 12.3. The van der Waals surface area contributed by atoms with E-state index in [0.717, 1.165) is 11.3 Å². The number of hydrogen-bond acceptors (Lipinski definition) is 6. The Morgan fingerprint density at radius 2 is 1.93 bits per heavy atom. The lowest BCUT2D eigenvalue weighted by Crippen LogP contribution is -2.30. The number of primary amides is 1. The third-order valence-electron chi connectivity index (χ3n) is 3.47. The summed E-state index contributed by atoms with van der Waals surface area (Å²) in [6.45, 7) is 6.02. The number of carbonyl (C=O) groups excluding carboxylic acids is 3. The normalized spacial score (nSPS) is 11.7. The largest absolute Gasteiger partial charge is 0.493 e. The molecule has 0 aliphatic carbocycles. The van der Waals surface area contributed by atoms with E-state index in [1.165, 1.54) is 13.0 Å². The molecule has 0 unspecified atom stereocenters. The number of nitrogens with one attached hydrogen (secondary N) is 1. The molecule has 0 aliphatic rings. The van der Waals surface area contributed by atoms with Gasteiger partial charge in [0.25, 0.3) is 11.8 Å². The van der Waals surface area contributed by atoms with Crippen molar-refractivity contribution in [1.29, 1.82) is 0 Å². The van der Waals surface area contributed by atoms with E-state index in [4.69, 9.17) is 15.2 Å². The standard InChI is InChI=1S/C19H22N2O5S/c1-11(2)10-25-14-6-4-5-13(9-14)19(24)26-12(3)17(23)21-18-15(16(20)22)7-8-27-18/h4-9,11-12H,10H2,1-3H3,(H2,20,22)(H,21,23)/t12-/m0/s1. The van der Waals surface area contributed by atoms with E-state index in [1.807, 2.05) is 13.8 Å². The molecule has 2 rings (SSSR count). The number of ether oxygens (including phenoxy) is 2. The predicted octanol–water partition coefficient (Wildman–Crippen LogP) is 3.07. The summed E-state index contributed by atoms with van der Waals surface area (Å²) in [5.41, 5.74) is 5.74. The Balaban J connectivity index is 1.98. The van der Waals surface area contributed by atoms with Crippen molar-refractivity contribution in [3.05, 3.63) is 46.8 Å².